The maximum Gasteiger partial charge on any atom is 0.332 e. The molecule has 3 nitrogen and oxygen atoms in total. The molecule has 0 aromatic heterocycles. The zero-order valence-electron chi connectivity index (χ0n) is 12.0. The van der Waals surface area contributed by atoms with E-state index in [1.807, 2.05) is 24.3 Å². The van der Waals surface area contributed by atoms with Crippen LogP contribution in [-0.4, -0.2) is 30.1 Å². The number of nitrogens with one attached hydrogen (secondary N) is 1. The second kappa shape index (κ2) is 5.86. The molecule has 1 saturated heterocycles. The molecule has 0 radical (unpaired) electrons. The van der Waals surface area contributed by atoms with Gasteiger partial charge in [0, 0.05) is 16.5 Å². The fourth-order valence-electron chi connectivity index (χ4n) is 2.72. The second-order valence-electron chi connectivity index (χ2n) is 6.04. The summed E-state index contributed by atoms with van der Waals surface area (Å²) in [4.78, 5) is 12.3. The van der Waals surface area contributed by atoms with Gasteiger partial charge in [-0.2, -0.15) is 11.8 Å². The van der Waals surface area contributed by atoms with Crippen LogP contribution in [0.25, 0.3) is 0 Å². The molecule has 20 heavy (non-hydrogen) atoms. The van der Waals surface area contributed by atoms with Gasteiger partial charge < -0.3 is 10.1 Å². The maximum atomic E-state index is 12.3. The molecule has 0 spiro atoms. The fourth-order valence-corrected chi connectivity index (χ4v) is 4.31. The Balaban J connectivity index is 2.30. The van der Waals surface area contributed by atoms with Crippen molar-refractivity contribution in [1.29, 1.82) is 0 Å². The standard InChI is InChI=1S/C15H20ClNO2S/c1-14(2)8-15(10-20-9-14,13(18)19-3)17-12-6-4-5-11(16)7-12/h4-7,17H,8-10H2,1-3H3. The smallest absolute Gasteiger partial charge is 0.332 e. The quantitative estimate of drug-likeness (QED) is 0.861. The van der Waals surface area contributed by atoms with Crippen LogP contribution in [0, 0.1) is 5.41 Å². The van der Waals surface area contributed by atoms with Gasteiger partial charge in [-0.3, -0.25) is 0 Å². The number of ether oxygens (including phenoxy) is 1. The highest BCUT2D eigenvalue weighted by Crippen LogP contribution is 2.41. The predicted molar refractivity (Wildman–Crippen MR) is 85.5 cm³/mol. The highest BCUT2D eigenvalue weighted by molar-refractivity contribution is 7.99. The average Bonchev–Trinajstić information content (AvgIpc) is 2.36. The van der Waals surface area contributed by atoms with Gasteiger partial charge in [-0.15, -0.1) is 0 Å². The number of hydrogen-bond acceptors (Lipinski definition) is 4. The van der Waals surface area contributed by atoms with E-state index in [0.29, 0.717) is 10.8 Å². The number of benzene rings is 1. The topological polar surface area (TPSA) is 38.3 Å². The number of hydrogen-bond donors (Lipinski definition) is 1. The van der Waals surface area contributed by atoms with Crippen molar-refractivity contribution in [2.75, 3.05) is 23.9 Å². The molecule has 1 N–H and O–H groups in total. The van der Waals surface area contributed by atoms with E-state index in [1.165, 1.54) is 7.11 Å². The number of rotatable bonds is 3. The molecular formula is C15H20ClNO2S. The van der Waals surface area contributed by atoms with Crippen molar-refractivity contribution >= 4 is 35.0 Å². The summed E-state index contributed by atoms with van der Waals surface area (Å²) in [5, 5.41) is 4.01. The summed E-state index contributed by atoms with van der Waals surface area (Å²) in [5.41, 5.74) is 0.246. The monoisotopic (exact) mass is 313 g/mol. The van der Waals surface area contributed by atoms with Gasteiger partial charge in [0.1, 0.15) is 5.54 Å². The maximum absolute atomic E-state index is 12.3. The fraction of sp³-hybridized carbons (Fsp3) is 0.533. The Labute approximate surface area is 129 Å². The van der Waals surface area contributed by atoms with Crippen molar-refractivity contribution in [2.24, 2.45) is 5.41 Å². The Bertz CT molecular complexity index is 506. The van der Waals surface area contributed by atoms with Gasteiger partial charge >= 0.3 is 5.97 Å². The van der Waals surface area contributed by atoms with E-state index < -0.39 is 5.54 Å². The summed E-state index contributed by atoms with van der Waals surface area (Å²) in [5.74, 6) is 1.54. The van der Waals surface area contributed by atoms with E-state index in [4.69, 9.17) is 16.3 Å². The van der Waals surface area contributed by atoms with Gasteiger partial charge in [-0.05, 0) is 35.8 Å². The van der Waals surface area contributed by atoms with Crippen LogP contribution in [0.2, 0.25) is 5.02 Å². The molecular weight excluding hydrogens is 294 g/mol. The second-order valence-corrected chi connectivity index (χ2v) is 7.46. The lowest BCUT2D eigenvalue weighted by Crippen LogP contribution is -2.55. The molecule has 0 saturated carbocycles. The van der Waals surface area contributed by atoms with Gasteiger partial charge in [0.2, 0.25) is 0 Å². The molecule has 0 amide bonds. The average molecular weight is 314 g/mol. The van der Waals surface area contributed by atoms with Gasteiger partial charge in [0.25, 0.3) is 0 Å². The normalized spacial score (nSPS) is 25.0. The summed E-state index contributed by atoms with van der Waals surface area (Å²) in [6, 6.07) is 7.44. The van der Waals surface area contributed by atoms with Crippen molar-refractivity contribution in [3.05, 3.63) is 29.3 Å². The minimum absolute atomic E-state index is 0.0860. The van der Waals surface area contributed by atoms with E-state index in [0.717, 1.165) is 17.9 Å². The first kappa shape index (κ1) is 15.5. The molecule has 0 aliphatic carbocycles. The lowest BCUT2D eigenvalue weighted by molar-refractivity contribution is -0.146. The summed E-state index contributed by atoms with van der Waals surface area (Å²) in [6.45, 7) is 4.35. The number of esters is 1. The van der Waals surface area contributed by atoms with Crippen LogP contribution in [0.3, 0.4) is 0 Å². The number of methoxy groups -OCH3 is 1. The molecule has 1 aromatic carbocycles. The molecule has 5 heteroatoms. The zero-order chi connectivity index (χ0) is 14.8. The Morgan fingerprint density at radius 1 is 1.40 bits per heavy atom. The third-order valence-corrected chi connectivity index (χ3v) is 5.32. The number of halogens is 1. The highest BCUT2D eigenvalue weighted by atomic mass is 35.5. The van der Waals surface area contributed by atoms with Crippen LogP contribution in [0.15, 0.2) is 24.3 Å². The SMILES string of the molecule is COC(=O)C1(Nc2cccc(Cl)c2)CSCC(C)(C)C1. The van der Waals surface area contributed by atoms with Crippen molar-refractivity contribution in [1.82, 2.24) is 0 Å². The van der Waals surface area contributed by atoms with Crippen LogP contribution in [0.4, 0.5) is 5.69 Å². The van der Waals surface area contributed by atoms with E-state index in [-0.39, 0.29) is 11.4 Å². The molecule has 1 aliphatic rings. The summed E-state index contributed by atoms with van der Waals surface area (Å²) >= 11 is 7.80. The van der Waals surface area contributed by atoms with Crippen LogP contribution in [-0.2, 0) is 9.53 Å². The molecule has 1 unspecified atom stereocenters. The van der Waals surface area contributed by atoms with E-state index >= 15 is 0 Å². The third kappa shape index (κ3) is 3.41. The molecule has 1 atom stereocenters. The van der Waals surface area contributed by atoms with Crippen LogP contribution in [0.1, 0.15) is 20.3 Å². The lowest BCUT2D eigenvalue weighted by Gasteiger charge is -2.43. The van der Waals surface area contributed by atoms with Gasteiger partial charge in [0.05, 0.1) is 7.11 Å². The number of thioether (sulfide) groups is 1. The first-order valence-corrected chi connectivity index (χ1v) is 8.10. The summed E-state index contributed by atoms with van der Waals surface area (Å²) in [6.07, 6.45) is 0.742. The minimum Gasteiger partial charge on any atom is -0.467 e. The van der Waals surface area contributed by atoms with E-state index in [1.54, 1.807) is 11.8 Å². The summed E-state index contributed by atoms with van der Waals surface area (Å²) < 4.78 is 5.04. The number of anilines is 1. The van der Waals surface area contributed by atoms with Crippen LogP contribution in [0.5, 0.6) is 0 Å². The first-order chi connectivity index (χ1) is 9.37. The van der Waals surface area contributed by atoms with Crippen molar-refractivity contribution in [3.63, 3.8) is 0 Å². The Hall–Kier alpha value is -0.870. The molecule has 1 aromatic rings. The van der Waals surface area contributed by atoms with Gasteiger partial charge in [0.15, 0.2) is 0 Å². The molecule has 1 heterocycles. The van der Waals surface area contributed by atoms with Crippen molar-refractivity contribution in [2.45, 2.75) is 25.8 Å². The molecule has 2 rings (SSSR count). The van der Waals surface area contributed by atoms with Crippen LogP contribution < -0.4 is 5.32 Å². The molecule has 0 bridgehead atoms. The Kier molecular flexibility index (Phi) is 4.55. The van der Waals surface area contributed by atoms with Crippen molar-refractivity contribution < 1.29 is 9.53 Å². The van der Waals surface area contributed by atoms with Crippen molar-refractivity contribution in [3.8, 4) is 0 Å². The Morgan fingerprint density at radius 3 is 2.75 bits per heavy atom. The van der Waals surface area contributed by atoms with E-state index in [2.05, 4.69) is 19.2 Å². The van der Waals surface area contributed by atoms with Gasteiger partial charge in [-0.1, -0.05) is 31.5 Å². The first-order valence-electron chi connectivity index (χ1n) is 6.57. The Morgan fingerprint density at radius 2 is 2.15 bits per heavy atom. The predicted octanol–water partition coefficient (Wildman–Crippen LogP) is 3.83. The van der Waals surface area contributed by atoms with Crippen LogP contribution >= 0.6 is 23.4 Å². The lowest BCUT2D eigenvalue weighted by atomic mass is 9.79. The minimum atomic E-state index is -0.689. The van der Waals surface area contributed by atoms with Gasteiger partial charge in [-0.25, -0.2) is 4.79 Å². The molecule has 1 fully saturated rings. The number of carbonyl (C=O) groups is 1. The molecule has 110 valence electrons. The highest BCUT2D eigenvalue weighted by Gasteiger charge is 2.47. The summed E-state index contributed by atoms with van der Waals surface area (Å²) in [7, 11) is 1.44. The largest absolute Gasteiger partial charge is 0.467 e. The molecule has 1 aliphatic heterocycles. The number of carbonyl (C=O) groups excluding carboxylic acids is 1. The van der Waals surface area contributed by atoms with E-state index in [9.17, 15) is 4.79 Å². The zero-order valence-corrected chi connectivity index (χ0v) is 13.6. The third-order valence-electron chi connectivity index (χ3n) is 3.41.